The van der Waals surface area contributed by atoms with Gasteiger partial charge in [-0.3, -0.25) is 29.7 Å². The van der Waals surface area contributed by atoms with Crippen LogP contribution in [0.5, 0.6) is 17.2 Å². The molecule has 4 heterocycles. The molecule has 0 aliphatic carbocycles. The van der Waals surface area contributed by atoms with E-state index in [1.807, 2.05) is 37.8 Å². The Morgan fingerprint density at radius 3 is 2.37 bits per heavy atom. The number of esters is 1. The molecule has 268 valence electrons. The third kappa shape index (κ3) is 8.52. The highest BCUT2D eigenvalue weighted by atomic mass is 16.6. The van der Waals surface area contributed by atoms with Gasteiger partial charge in [-0.25, -0.2) is 19.8 Å². The summed E-state index contributed by atoms with van der Waals surface area (Å²) in [6.45, 7) is 9.87. The van der Waals surface area contributed by atoms with E-state index < -0.39 is 17.6 Å². The van der Waals surface area contributed by atoms with E-state index in [0.29, 0.717) is 87.2 Å². The smallest absolute Gasteiger partial charge is 0.415 e. The van der Waals surface area contributed by atoms with Crippen LogP contribution in [-0.4, -0.2) is 120 Å². The van der Waals surface area contributed by atoms with Crippen LogP contribution in [0.25, 0.3) is 0 Å². The molecule has 2 aromatic carbocycles. The number of amides is 2. The summed E-state index contributed by atoms with van der Waals surface area (Å²) in [5.41, 5.74) is 7.29. The predicted molar refractivity (Wildman–Crippen MR) is 188 cm³/mol. The fourth-order valence-corrected chi connectivity index (χ4v) is 5.75. The number of benzene rings is 2. The molecule has 3 aliphatic rings. The zero-order chi connectivity index (χ0) is 36.1. The largest absolute Gasteiger partial charge is 0.491 e. The minimum Gasteiger partial charge on any atom is -0.491 e. The molecule has 1 saturated heterocycles. The summed E-state index contributed by atoms with van der Waals surface area (Å²) < 4.78 is 22.9. The summed E-state index contributed by atoms with van der Waals surface area (Å²) in [6.07, 6.45) is 2.42. The van der Waals surface area contributed by atoms with Crippen molar-refractivity contribution in [1.29, 1.82) is 0 Å². The van der Waals surface area contributed by atoms with E-state index in [1.54, 1.807) is 36.3 Å². The van der Waals surface area contributed by atoms with Crippen molar-refractivity contribution < 1.29 is 33.3 Å². The average Bonchev–Trinajstić information content (AvgIpc) is 3.60. The van der Waals surface area contributed by atoms with Crippen LogP contribution in [0.1, 0.15) is 42.3 Å². The normalized spacial score (nSPS) is 15.6. The highest BCUT2D eigenvalue weighted by Crippen LogP contribution is 2.43. The van der Waals surface area contributed by atoms with Crippen molar-refractivity contribution in [3.8, 4) is 17.2 Å². The molecule has 6 rings (SSSR count). The van der Waals surface area contributed by atoms with E-state index in [4.69, 9.17) is 29.7 Å². The molecule has 0 radical (unpaired) electrons. The summed E-state index contributed by atoms with van der Waals surface area (Å²) in [7, 11) is 1.54. The van der Waals surface area contributed by atoms with Crippen molar-refractivity contribution in [1.82, 2.24) is 30.0 Å². The summed E-state index contributed by atoms with van der Waals surface area (Å²) >= 11 is 0. The molecule has 0 spiro atoms. The first-order chi connectivity index (χ1) is 24.5. The van der Waals surface area contributed by atoms with Crippen LogP contribution in [0.4, 0.5) is 16.4 Å². The lowest BCUT2D eigenvalue weighted by Gasteiger charge is -2.34. The number of fused-ring (bicyclic) bond motifs is 3. The summed E-state index contributed by atoms with van der Waals surface area (Å²) in [5.74, 6) is 1.65. The maximum Gasteiger partial charge on any atom is 0.415 e. The second-order valence-electron chi connectivity index (χ2n) is 13.0. The van der Waals surface area contributed by atoms with E-state index >= 15 is 0 Å². The third-order valence-corrected chi connectivity index (χ3v) is 8.21. The summed E-state index contributed by atoms with van der Waals surface area (Å²) in [5, 5.41) is 2.84. The number of piperazine rings is 1. The van der Waals surface area contributed by atoms with E-state index in [1.165, 1.54) is 12.4 Å². The standard InChI is InChI=1S/C35H41N9O7/c1-35(2,3)51-27(45)19-22-5-7-24(8-6-22)50-34(47)43-15-13-42(14-16-43)17-18-49-26-10-9-25-28(29(26)48-4)40-33(44-12-11-37-30(25)44)41-31(46)23-20-38-32(36)39-21-23/h5-10,20-21H,11-19H2,1-4H3,(H2,36,38,39)(H,40,41,46). The number of methoxy groups -OCH3 is 1. The number of nitrogens with two attached hydrogens (primary N) is 1. The fourth-order valence-electron chi connectivity index (χ4n) is 5.75. The van der Waals surface area contributed by atoms with Crippen molar-refractivity contribution in [2.75, 3.05) is 65.3 Å². The highest BCUT2D eigenvalue weighted by Gasteiger charge is 2.33. The van der Waals surface area contributed by atoms with Crippen LogP contribution >= 0.6 is 0 Å². The van der Waals surface area contributed by atoms with Gasteiger partial charge in [-0.15, -0.1) is 0 Å². The van der Waals surface area contributed by atoms with Gasteiger partial charge < -0.3 is 29.6 Å². The highest BCUT2D eigenvalue weighted by molar-refractivity contribution is 6.20. The zero-order valence-corrected chi connectivity index (χ0v) is 29.0. The van der Waals surface area contributed by atoms with E-state index in [-0.39, 0.29) is 23.9 Å². The molecule has 16 nitrogen and oxygen atoms in total. The minimum atomic E-state index is -0.548. The van der Waals surface area contributed by atoms with Gasteiger partial charge in [-0.2, -0.15) is 0 Å². The lowest BCUT2D eigenvalue weighted by Crippen LogP contribution is -2.50. The Kier molecular flexibility index (Phi) is 10.3. The number of nitrogens with one attached hydrogen (secondary N) is 1. The Morgan fingerprint density at radius 1 is 0.961 bits per heavy atom. The van der Waals surface area contributed by atoms with Gasteiger partial charge in [0.1, 0.15) is 29.5 Å². The van der Waals surface area contributed by atoms with Crippen LogP contribution in [0.3, 0.4) is 0 Å². The number of carbonyl (C=O) groups excluding carboxylic acids is 3. The van der Waals surface area contributed by atoms with Crippen LogP contribution < -0.4 is 25.3 Å². The van der Waals surface area contributed by atoms with Crippen molar-refractivity contribution in [2.24, 2.45) is 9.98 Å². The monoisotopic (exact) mass is 699 g/mol. The van der Waals surface area contributed by atoms with Crippen LogP contribution in [0.15, 0.2) is 58.8 Å². The molecule has 3 N–H and O–H groups in total. The van der Waals surface area contributed by atoms with Gasteiger partial charge in [-0.1, -0.05) is 12.1 Å². The maximum atomic E-state index is 13.0. The Morgan fingerprint density at radius 2 is 1.69 bits per heavy atom. The van der Waals surface area contributed by atoms with Gasteiger partial charge in [0.15, 0.2) is 11.5 Å². The number of nitrogen functional groups attached to an aromatic ring is 1. The van der Waals surface area contributed by atoms with E-state index in [9.17, 15) is 14.4 Å². The SMILES string of the molecule is COc1c(OCCN2CCN(C(=O)Oc3ccc(CC(=O)OC(C)(C)C)cc3)CC2)ccc2c1N=C(NC(=O)c1cnc(N)nc1)N1CCN=C21. The van der Waals surface area contributed by atoms with Crippen LogP contribution in [0.2, 0.25) is 0 Å². The van der Waals surface area contributed by atoms with Crippen molar-refractivity contribution in [3.05, 3.63) is 65.5 Å². The van der Waals surface area contributed by atoms with Gasteiger partial charge in [-0.05, 0) is 50.6 Å². The molecule has 3 aromatic rings. The molecule has 2 amide bonds. The third-order valence-electron chi connectivity index (χ3n) is 8.21. The second-order valence-corrected chi connectivity index (χ2v) is 13.0. The van der Waals surface area contributed by atoms with Crippen molar-refractivity contribution >= 4 is 41.4 Å². The molecule has 51 heavy (non-hydrogen) atoms. The van der Waals surface area contributed by atoms with Gasteiger partial charge in [0, 0.05) is 57.2 Å². The van der Waals surface area contributed by atoms with Crippen LogP contribution in [-0.2, 0) is 16.0 Å². The van der Waals surface area contributed by atoms with E-state index in [0.717, 1.165) is 11.1 Å². The number of rotatable bonds is 9. The molecule has 0 saturated carbocycles. The van der Waals surface area contributed by atoms with Gasteiger partial charge in [0.2, 0.25) is 11.9 Å². The number of hydrogen-bond donors (Lipinski definition) is 2. The number of amidine groups is 1. The number of nitrogens with zero attached hydrogens (tertiary/aromatic N) is 7. The first-order valence-electron chi connectivity index (χ1n) is 16.6. The molecule has 16 heteroatoms. The molecule has 0 bridgehead atoms. The number of anilines is 1. The molecule has 0 unspecified atom stereocenters. The zero-order valence-electron chi connectivity index (χ0n) is 29.0. The number of guanidine groups is 1. The second kappa shape index (κ2) is 15.0. The number of aromatic nitrogens is 2. The number of carbonyl (C=O) groups is 3. The Labute approximate surface area is 295 Å². The van der Waals surface area contributed by atoms with Crippen LogP contribution in [0, 0.1) is 0 Å². The maximum absolute atomic E-state index is 13.0. The number of aliphatic imine (C=N–C) groups is 2. The lowest BCUT2D eigenvalue weighted by molar-refractivity contribution is -0.153. The van der Waals surface area contributed by atoms with Crippen molar-refractivity contribution in [3.63, 3.8) is 0 Å². The Bertz CT molecular complexity index is 1830. The first-order valence-corrected chi connectivity index (χ1v) is 16.6. The van der Waals surface area contributed by atoms with E-state index in [2.05, 4.69) is 25.2 Å². The van der Waals surface area contributed by atoms with Crippen molar-refractivity contribution in [2.45, 2.75) is 32.8 Å². The topological polar surface area (TPSA) is 186 Å². The molecular weight excluding hydrogens is 658 g/mol. The molecule has 1 fully saturated rings. The molecule has 3 aliphatic heterocycles. The average molecular weight is 700 g/mol. The number of hydrogen-bond acceptors (Lipinski definition) is 14. The molecule has 0 atom stereocenters. The Hall–Kier alpha value is -5.77. The Balaban J connectivity index is 1.01. The quantitative estimate of drug-likeness (QED) is 0.312. The fraction of sp³-hybridized carbons (Fsp3) is 0.400. The summed E-state index contributed by atoms with van der Waals surface area (Å²) in [4.78, 5) is 60.8. The predicted octanol–water partition coefficient (Wildman–Crippen LogP) is 2.64. The van der Waals surface area contributed by atoms with Gasteiger partial charge >= 0.3 is 12.1 Å². The van der Waals surface area contributed by atoms with Gasteiger partial charge in [0.25, 0.3) is 5.91 Å². The molecule has 1 aromatic heterocycles. The summed E-state index contributed by atoms with van der Waals surface area (Å²) in [6, 6.07) is 10.6. The lowest BCUT2D eigenvalue weighted by atomic mass is 10.1. The van der Waals surface area contributed by atoms with Gasteiger partial charge in [0.05, 0.1) is 25.6 Å². The number of ether oxygens (including phenoxy) is 4. The minimum absolute atomic E-state index is 0.0714. The molecular formula is C35H41N9O7. The first kappa shape index (κ1) is 35.1.